The van der Waals surface area contributed by atoms with Gasteiger partial charge in [0.2, 0.25) is 5.91 Å². The molecule has 0 spiro atoms. The first-order valence-corrected chi connectivity index (χ1v) is 6.11. The topological polar surface area (TPSA) is 67.2 Å². The molecule has 1 aliphatic carbocycles. The Hall–Kier alpha value is -1.26. The number of carbonyl (C=O) groups is 1. The van der Waals surface area contributed by atoms with Gasteiger partial charge in [0.25, 0.3) is 0 Å². The zero-order chi connectivity index (χ0) is 12.3. The van der Waals surface area contributed by atoms with Crippen molar-refractivity contribution in [2.24, 2.45) is 5.73 Å². The van der Waals surface area contributed by atoms with Crippen molar-refractivity contribution in [3.8, 4) is 0 Å². The molecule has 0 atom stereocenters. The van der Waals surface area contributed by atoms with Crippen LogP contribution in [0, 0.1) is 0 Å². The number of rotatable bonds is 6. The lowest BCUT2D eigenvalue weighted by Gasteiger charge is -2.09. The molecule has 5 heteroatoms. The van der Waals surface area contributed by atoms with E-state index in [2.05, 4.69) is 10.6 Å². The predicted molar refractivity (Wildman–Crippen MR) is 69.5 cm³/mol. The first kappa shape index (κ1) is 12.2. The Morgan fingerprint density at radius 3 is 2.76 bits per heavy atom. The van der Waals surface area contributed by atoms with Gasteiger partial charge in [-0.3, -0.25) is 4.79 Å². The molecule has 1 aromatic rings. The van der Waals surface area contributed by atoms with Crippen LogP contribution in [-0.2, 0) is 0 Å². The molecule has 1 aromatic carbocycles. The van der Waals surface area contributed by atoms with Crippen LogP contribution in [-0.4, -0.2) is 25.0 Å². The fourth-order valence-electron chi connectivity index (χ4n) is 1.57. The van der Waals surface area contributed by atoms with Gasteiger partial charge in [-0.25, -0.2) is 0 Å². The van der Waals surface area contributed by atoms with E-state index >= 15 is 0 Å². The molecule has 4 nitrogen and oxygen atoms in total. The van der Waals surface area contributed by atoms with Crippen molar-refractivity contribution in [1.29, 1.82) is 0 Å². The van der Waals surface area contributed by atoms with Gasteiger partial charge in [0.05, 0.1) is 10.7 Å². The smallest absolute Gasteiger partial charge is 0.248 e. The first-order valence-electron chi connectivity index (χ1n) is 5.73. The van der Waals surface area contributed by atoms with Crippen LogP contribution in [0.15, 0.2) is 18.2 Å². The average Bonchev–Trinajstić information content (AvgIpc) is 3.09. The van der Waals surface area contributed by atoms with Gasteiger partial charge in [-0.1, -0.05) is 11.6 Å². The molecule has 92 valence electrons. The summed E-state index contributed by atoms with van der Waals surface area (Å²) < 4.78 is 0. The van der Waals surface area contributed by atoms with Crippen LogP contribution in [0.1, 0.15) is 23.2 Å². The quantitative estimate of drug-likeness (QED) is 0.675. The summed E-state index contributed by atoms with van der Waals surface area (Å²) >= 11 is 6.04. The first-order chi connectivity index (χ1) is 8.16. The van der Waals surface area contributed by atoms with Crippen LogP contribution in [0.4, 0.5) is 5.69 Å². The van der Waals surface area contributed by atoms with Crippen LogP contribution >= 0.6 is 11.6 Å². The lowest BCUT2D eigenvalue weighted by molar-refractivity contribution is 0.100. The lowest BCUT2D eigenvalue weighted by Crippen LogP contribution is -2.24. The summed E-state index contributed by atoms with van der Waals surface area (Å²) in [6.45, 7) is 1.73. The predicted octanol–water partition coefficient (Wildman–Crippen LogP) is 1.60. The molecule has 1 fully saturated rings. The van der Waals surface area contributed by atoms with Crippen molar-refractivity contribution in [3.63, 3.8) is 0 Å². The molecule has 1 saturated carbocycles. The largest absolute Gasteiger partial charge is 0.383 e. The van der Waals surface area contributed by atoms with Crippen LogP contribution < -0.4 is 16.4 Å². The average molecular weight is 254 g/mol. The van der Waals surface area contributed by atoms with Crippen LogP contribution in [0.25, 0.3) is 0 Å². The molecule has 1 amide bonds. The number of hydrogen-bond donors (Lipinski definition) is 3. The minimum atomic E-state index is -0.464. The van der Waals surface area contributed by atoms with E-state index in [4.69, 9.17) is 17.3 Å². The summed E-state index contributed by atoms with van der Waals surface area (Å²) in [6.07, 6.45) is 2.57. The van der Waals surface area contributed by atoms with Crippen molar-refractivity contribution < 1.29 is 4.79 Å². The summed E-state index contributed by atoms with van der Waals surface area (Å²) in [5.41, 5.74) is 6.42. The summed E-state index contributed by atoms with van der Waals surface area (Å²) in [5, 5.41) is 7.13. The van der Waals surface area contributed by atoms with E-state index < -0.39 is 5.91 Å². The molecule has 17 heavy (non-hydrogen) atoms. The summed E-state index contributed by atoms with van der Waals surface area (Å²) in [6, 6.07) is 5.75. The molecular weight excluding hydrogens is 238 g/mol. The van der Waals surface area contributed by atoms with E-state index in [-0.39, 0.29) is 0 Å². The van der Waals surface area contributed by atoms with Gasteiger partial charge in [0.15, 0.2) is 0 Å². The number of nitrogens with one attached hydrogen (secondary N) is 2. The van der Waals surface area contributed by atoms with Crippen LogP contribution in [0.3, 0.4) is 0 Å². The van der Waals surface area contributed by atoms with Gasteiger partial charge in [-0.2, -0.15) is 0 Å². The van der Waals surface area contributed by atoms with E-state index in [0.717, 1.165) is 18.8 Å². The fraction of sp³-hybridized carbons (Fsp3) is 0.417. The van der Waals surface area contributed by atoms with Crippen molar-refractivity contribution in [2.75, 3.05) is 18.4 Å². The Kier molecular flexibility index (Phi) is 3.86. The third-order valence-electron chi connectivity index (χ3n) is 2.70. The van der Waals surface area contributed by atoms with Gasteiger partial charge in [-0.15, -0.1) is 0 Å². The molecule has 4 N–H and O–H groups in total. The maximum Gasteiger partial charge on any atom is 0.248 e. The van der Waals surface area contributed by atoms with E-state index in [1.54, 1.807) is 18.2 Å². The van der Waals surface area contributed by atoms with Gasteiger partial charge in [-0.05, 0) is 31.0 Å². The molecule has 0 aromatic heterocycles. The Morgan fingerprint density at radius 1 is 1.41 bits per heavy atom. The highest BCUT2D eigenvalue weighted by Gasteiger charge is 2.19. The van der Waals surface area contributed by atoms with Gasteiger partial charge in [0.1, 0.15) is 0 Å². The summed E-state index contributed by atoms with van der Waals surface area (Å²) in [4.78, 5) is 10.9. The molecule has 0 heterocycles. The third kappa shape index (κ3) is 3.61. The highest BCUT2D eigenvalue weighted by molar-refractivity contribution is 6.33. The SMILES string of the molecule is NC(=O)c1ccc(NCCNC2CC2)c(Cl)c1. The molecule has 0 unspecified atom stereocenters. The Labute approximate surface area is 106 Å². The minimum absolute atomic E-state index is 0.427. The maximum absolute atomic E-state index is 10.9. The van der Waals surface area contributed by atoms with E-state index in [0.29, 0.717) is 16.6 Å². The number of amides is 1. The number of hydrogen-bond acceptors (Lipinski definition) is 3. The van der Waals surface area contributed by atoms with Gasteiger partial charge >= 0.3 is 0 Å². The molecule has 0 radical (unpaired) electrons. The maximum atomic E-state index is 10.9. The monoisotopic (exact) mass is 253 g/mol. The van der Waals surface area contributed by atoms with Crippen molar-refractivity contribution in [2.45, 2.75) is 18.9 Å². The second kappa shape index (κ2) is 5.38. The van der Waals surface area contributed by atoms with Crippen molar-refractivity contribution in [1.82, 2.24) is 5.32 Å². The highest BCUT2D eigenvalue weighted by Crippen LogP contribution is 2.22. The molecule has 1 aliphatic rings. The zero-order valence-corrected chi connectivity index (χ0v) is 10.3. The number of halogens is 1. The Bertz CT molecular complexity index is 418. The number of anilines is 1. The molecular formula is C12H16ClN3O. The van der Waals surface area contributed by atoms with Gasteiger partial charge in [0, 0.05) is 24.7 Å². The zero-order valence-electron chi connectivity index (χ0n) is 9.50. The summed E-state index contributed by atoms with van der Waals surface area (Å²) in [7, 11) is 0. The normalized spacial score (nSPS) is 14.6. The third-order valence-corrected chi connectivity index (χ3v) is 3.02. The second-order valence-electron chi connectivity index (χ2n) is 4.21. The van der Waals surface area contributed by atoms with E-state index in [9.17, 15) is 4.79 Å². The van der Waals surface area contributed by atoms with E-state index in [1.807, 2.05) is 0 Å². The number of nitrogens with two attached hydrogens (primary N) is 1. The lowest BCUT2D eigenvalue weighted by atomic mass is 10.2. The fourth-order valence-corrected chi connectivity index (χ4v) is 1.82. The molecule has 0 bridgehead atoms. The standard InChI is InChI=1S/C12H16ClN3O/c13-10-7-8(12(14)17)1-4-11(10)16-6-5-15-9-2-3-9/h1,4,7,9,15-16H,2-3,5-6H2,(H2,14,17). The molecule has 0 aliphatic heterocycles. The highest BCUT2D eigenvalue weighted by atomic mass is 35.5. The molecule has 0 saturated heterocycles. The summed E-state index contributed by atoms with van der Waals surface area (Å²) in [5.74, 6) is -0.464. The van der Waals surface area contributed by atoms with Crippen molar-refractivity contribution in [3.05, 3.63) is 28.8 Å². The van der Waals surface area contributed by atoms with Gasteiger partial charge < -0.3 is 16.4 Å². The Morgan fingerprint density at radius 2 is 2.18 bits per heavy atom. The van der Waals surface area contributed by atoms with Crippen LogP contribution in [0.5, 0.6) is 0 Å². The van der Waals surface area contributed by atoms with Crippen molar-refractivity contribution >= 4 is 23.2 Å². The number of benzene rings is 1. The number of primary amides is 1. The number of carbonyl (C=O) groups excluding carboxylic acids is 1. The minimum Gasteiger partial charge on any atom is -0.383 e. The van der Waals surface area contributed by atoms with E-state index in [1.165, 1.54) is 12.8 Å². The second-order valence-corrected chi connectivity index (χ2v) is 4.62. The van der Waals surface area contributed by atoms with Crippen LogP contribution in [0.2, 0.25) is 5.02 Å². The Balaban J connectivity index is 1.84. The molecule has 2 rings (SSSR count).